The van der Waals surface area contributed by atoms with Gasteiger partial charge in [-0.2, -0.15) is 18.4 Å². The number of alkyl halides is 3. The first kappa shape index (κ1) is 19.5. The summed E-state index contributed by atoms with van der Waals surface area (Å²) < 4.78 is 50.0. The lowest BCUT2D eigenvalue weighted by Crippen LogP contribution is -2.41. The Labute approximate surface area is 145 Å². The Morgan fingerprint density at radius 3 is 2.24 bits per heavy atom. The van der Waals surface area contributed by atoms with Gasteiger partial charge in [-0.05, 0) is 50.9 Å². The van der Waals surface area contributed by atoms with E-state index in [1.165, 1.54) is 12.1 Å². The van der Waals surface area contributed by atoms with Crippen LogP contribution in [0, 0.1) is 11.3 Å². The Morgan fingerprint density at radius 1 is 1.24 bits per heavy atom. The van der Waals surface area contributed by atoms with Crippen LogP contribution in [0.2, 0.25) is 0 Å². The number of rotatable bonds is 3. The first-order valence-electron chi connectivity index (χ1n) is 7.69. The van der Waals surface area contributed by atoms with Crippen LogP contribution in [0.3, 0.4) is 0 Å². The largest absolute Gasteiger partial charge is 0.492 e. The summed E-state index contributed by atoms with van der Waals surface area (Å²) in [6.45, 7) is 6.98. The first-order valence-corrected chi connectivity index (χ1v) is 7.69. The molecule has 1 aliphatic heterocycles. The predicted molar refractivity (Wildman–Crippen MR) is 87.3 cm³/mol. The number of hydrogen-bond donors (Lipinski definition) is 1. The molecule has 1 heterocycles. The molecule has 0 radical (unpaired) electrons. The summed E-state index contributed by atoms with van der Waals surface area (Å²) in [6.07, 6.45) is -3.10. The molecule has 0 spiro atoms. The lowest BCUT2D eigenvalue weighted by molar-refractivity contribution is -0.137. The molecule has 2 rings (SSSR count). The zero-order valence-corrected chi connectivity index (χ0v) is 14.4. The highest BCUT2D eigenvalue weighted by Gasteiger charge is 2.52. The summed E-state index contributed by atoms with van der Waals surface area (Å²) in [6, 6.07) is 4.63. The van der Waals surface area contributed by atoms with E-state index in [0.29, 0.717) is 5.47 Å². The van der Waals surface area contributed by atoms with Gasteiger partial charge in [-0.25, -0.2) is 0 Å². The Kier molecular flexibility index (Phi) is 5.06. The molecule has 1 saturated heterocycles. The van der Waals surface area contributed by atoms with Crippen molar-refractivity contribution in [2.75, 3.05) is 6.61 Å². The van der Waals surface area contributed by atoms with Crippen molar-refractivity contribution in [2.45, 2.75) is 45.1 Å². The molecule has 8 heteroatoms. The van der Waals surface area contributed by atoms with Crippen molar-refractivity contribution in [2.24, 2.45) is 0 Å². The average molecular weight is 353 g/mol. The van der Waals surface area contributed by atoms with E-state index in [1.807, 2.05) is 27.7 Å². The number of nitrogens with zero attached hydrogens (tertiary/aromatic N) is 1. The summed E-state index contributed by atoms with van der Waals surface area (Å²) in [5.41, 5.74) is -1.70. The molecule has 0 bridgehead atoms. The van der Waals surface area contributed by atoms with E-state index < -0.39 is 36.7 Å². The summed E-state index contributed by atoms with van der Waals surface area (Å²) in [4.78, 5) is 0. The van der Waals surface area contributed by atoms with E-state index in [9.17, 15) is 18.3 Å². The van der Waals surface area contributed by atoms with Crippen LogP contribution in [-0.4, -0.2) is 30.0 Å². The van der Waals surface area contributed by atoms with Crippen molar-refractivity contribution >= 4 is 13.2 Å². The summed E-state index contributed by atoms with van der Waals surface area (Å²) in [5.74, 6) is 0. The minimum absolute atomic E-state index is 0.141. The SMILES string of the molecule is CC1(C)OB(C(=Cc2ccc(C(F)(F)F)cc2C#N)CO)OC1(C)C. The number of benzene rings is 1. The third-order valence-electron chi connectivity index (χ3n) is 4.58. The Morgan fingerprint density at radius 2 is 1.80 bits per heavy atom. The minimum Gasteiger partial charge on any atom is -0.400 e. The van der Waals surface area contributed by atoms with Gasteiger partial charge in [0.05, 0.1) is 35.0 Å². The Hall–Kier alpha value is -1.82. The molecule has 0 aliphatic carbocycles. The zero-order valence-electron chi connectivity index (χ0n) is 14.4. The quantitative estimate of drug-likeness (QED) is 0.844. The highest BCUT2D eigenvalue weighted by molar-refractivity contribution is 6.55. The van der Waals surface area contributed by atoms with Gasteiger partial charge in [-0.3, -0.25) is 0 Å². The molecule has 0 unspecified atom stereocenters. The smallest absolute Gasteiger partial charge is 0.400 e. The van der Waals surface area contributed by atoms with Gasteiger partial charge in [0, 0.05) is 0 Å². The topological polar surface area (TPSA) is 62.5 Å². The molecule has 1 aromatic rings. The van der Waals surface area contributed by atoms with Crippen molar-refractivity contribution in [3.63, 3.8) is 0 Å². The summed E-state index contributed by atoms with van der Waals surface area (Å²) in [5, 5.41) is 18.8. The maximum Gasteiger partial charge on any atom is 0.492 e. The number of aliphatic hydroxyl groups is 1. The van der Waals surface area contributed by atoms with Crippen molar-refractivity contribution in [3.05, 3.63) is 40.4 Å². The second-order valence-electron chi connectivity index (χ2n) is 6.88. The van der Waals surface area contributed by atoms with E-state index in [0.717, 1.165) is 12.1 Å². The number of aliphatic hydroxyl groups excluding tert-OH is 1. The third-order valence-corrected chi connectivity index (χ3v) is 4.58. The van der Waals surface area contributed by atoms with Crippen molar-refractivity contribution in [1.82, 2.24) is 0 Å². The monoisotopic (exact) mass is 353 g/mol. The van der Waals surface area contributed by atoms with Crippen LogP contribution in [0.25, 0.3) is 6.08 Å². The zero-order chi connectivity index (χ0) is 19.0. The molecule has 1 aromatic carbocycles. The molecule has 4 nitrogen and oxygen atoms in total. The van der Waals surface area contributed by atoms with Crippen LogP contribution in [0.15, 0.2) is 23.7 Å². The van der Waals surface area contributed by atoms with Gasteiger partial charge in [0.1, 0.15) is 0 Å². The van der Waals surface area contributed by atoms with Crippen LogP contribution >= 0.6 is 0 Å². The van der Waals surface area contributed by atoms with Gasteiger partial charge in [-0.15, -0.1) is 0 Å². The summed E-state index contributed by atoms with van der Waals surface area (Å²) >= 11 is 0. The van der Waals surface area contributed by atoms with Crippen LogP contribution in [0.4, 0.5) is 13.2 Å². The second kappa shape index (κ2) is 6.48. The summed E-state index contributed by atoms with van der Waals surface area (Å²) in [7, 11) is -0.844. The highest BCUT2D eigenvalue weighted by atomic mass is 19.4. The maximum atomic E-state index is 12.8. The van der Waals surface area contributed by atoms with Crippen LogP contribution < -0.4 is 0 Å². The van der Waals surface area contributed by atoms with E-state index >= 15 is 0 Å². The van der Waals surface area contributed by atoms with Crippen molar-refractivity contribution in [3.8, 4) is 6.07 Å². The number of halogens is 3. The van der Waals surface area contributed by atoms with Gasteiger partial charge in [-0.1, -0.05) is 12.1 Å². The number of nitriles is 1. The molecule has 0 saturated carbocycles. The average Bonchev–Trinajstić information content (AvgIpc) is 2.71. The van der Waals surface area contributed by atoms with E-state index in [1.54, 1.807) is 6.07 Å². The van der Waals surface area contributed by atoms with E-state index in [4.69, 9.17) is 14.6 Å². The van der Waals surface area contributed by atoms with Gasteiger partial charge in [0.15, 0.2) is 0 Å². The normalized spacial score (nSPS) is 19.8. The van der Waals surface area contributed by atoms with Crippen molar-refractivity contribution < 1.29 is 27.6 Å². The fourth-order valence-electron chi connectivity index (χ4n) is 2.34. The Bertz CT molecular complexity index is 720. The lowest BCUT2D eigenvalue weighted by atomic mass is 9.77. The van der Waals surface area contributed by atoms with Crippen molar-refractivity contribution in [1.29, 1.82) is 5.26 Å². The Balaban J connectivity index is 2.40. The molecule has 1 N–H and O–H groups in total. The first-order chi connectivity index (χ1) is 11.4. The minimum atomic E-state index is -4.53. The van der Waals surface area contributed by atoms with Crippen LogP contribution in [0.1, 0.15) is 44.4 Å². The molecule has 0 atom stereocenters. The molecular weight excluding hydrogens is 334 g/mol. The third kappa shape index (κ3) is 3.89. The molecular formula is C17H19BF3NO3. The predicted octanol–water partition coefficient (Wildman–Crippen LogP) is 3.58. The van der Waals surface area contributed by atoms with Crippen LogP contribution in [-0.2, 0) is 15.5 Å². The molecule has 25 heavy (non-hydrogen) atoms. The standard InChI is InChI=1S/C17H19BF3NO3/c1-15(2)16(3,4)25-18(24-15)14(10-23)8-11-5-6-13(17(19,20)21)7-12(11)9-22/h5-8,23H,10H2,1-4H3. The molecule has 0 aromatic heterocycles. The molecule has 1 fully saturated rings. The number of hydrogen-bond acceptors (Lipinski definition) is 4. The fourth-order valence-corrected chi connectivity index (χ4v) is 2.34. The maximum absolute atomic E-state index is 12.8. The van der Waals surface area contributed by atoms with Gasteiger partial charge < -0.3 is 14.4 Å². The highest BCUT2D eigenvalue weighted by Crippen LogP contribution is 2.39. The van der Waals surface area contributed by atoms with Gasteiger partial charge in [0.25, 0.3) is 0 Å². The van der Waals surface area contributed by atoms with E-state index in [2.05, 4.69) is 0 Å². The molecule has 1 aliphatic rings. The second-order valence-corrected chi connectivity index (χ2v) is 6.88. The molecule has 134 valence electrons. The van der Waals surface area contributed by atoms with E-state index in [-0.39, 0.29) is 11.1 Å². The van der Waals surface area contributed by atoms with Gasteiger partial charge in [0.2, 0.25) is 0 Å². The van der Waals surface area contributed by atoms with Crippen LogP contribution in [0.5, 0.6) is 0 Å². The lowest BCUT2D eigenvalue weighted by Gasteiger charge is -2.32. The fraction of sp³-hybridized carbons (Fsp3) is 0.471. The molecule has 0 amide bonds. The van der Waals surface area contributed by atoms with Gasteiger partial charge >= 0.3 is 13.3 Å².